The number of amides is 1. The Bertz CT molecular complexity index is 1020. The molecule has 3 aromatic rings. The molecule has 0 unspecified atom stereocenters. The molecule has 0 spiro atoms. The smallest absolute Gasteiger partial charge is 0.234 e. The van der Waals surface area contributed by atoms with Gasteiger partial charge in [0.05, 0.1) is 18.0 Å². The fourth-order valence-electron chi connectivity index (χ4n) is 3.33. The Hall–Kier alpha value is -2.39. The molecule has 1 aromatic carbocycles. The minimum atomic E-state index is -0.103. The van der Waals surface area contributed by atoms with Gasteiger partial charge in [-0.15, -0.1) is 0 Å². The van der Waals surface area contributed by atoms with Gasteiger partial charge < -0.3 is 15.0 Å². The van der Waals surface area contributed by atoms with Gasteiger partial charge in [0.25, 0.3) is 0 Å². The number of benzene rings is 1. The van der Waals surface area contributed by atoms with Crippen molar-refractivity contribution in [1.29, 1.82) is 0 Å². The van der Waals surface area contributed by atoms with Crippen LogP contribution in [0, 0.1) is 5.92 Å². The number of ether oxygens (including phenoxy) is 1. The van der Waals surface area contributed by atoms with Crippen LogP contribution in [0.3, 0.4) is 0 Å². The molecule has 4 rings (SSSR count). The quantitative estimate of drug-likeness (QED) is 0.427. The maximum absolute atomic E-state index is 12.5. The van der Waals surface area contributed by atoms with Gasteiger partial charge in [-0.05, 0) is 37.8 Å². The second kappa shape index (κ2) is 9.61. The Morgan fingerprint density at radius 2 is 2.10 bits per heavy atom. The van der Waals surface area contributed by atoms with Gasteiger partial charge >= 0.3 is 0 Å². The second-order valence-electron chi connectivity index (χ2n) is 7.26. The van der Waals surface area contributed by atoms with E-state index in [9.17, 15) is 4.79 Å². The molecule has 1 N–H and O–H groups in total. The maximum Gasteiger partial charge on any atom is 0.234 e. The van der Waals surface area contributed by atoms with Gasteiger partial charge in [-0.25, -0.2) is 9.97 Å². The number of carbonyl (C=O) groups excluding carboxylic acids is 1. The van der Waals surface area contributed by atoms with Gasteiger partial charge in [0.2, 0.25) is 5.91 Å². The van der Waals surface area contributed by atoms with E-state index >= 15 is 0 Å². The molecule has 0 saturated carbocycles. The lowest BCUT2D eigenvalue weighted by Crippen LogP contribution is -2.32. The SMILES string of the molecule is CCOc1ccccc1NC(=O)CSc1ncnc2nc(N3CCC(C)CC3)sc12. The molecule has 9 heteroatoms. The van der Waals surface area contributed by atoms with Crippen molar-refractivity contribution in [3.05, 3.63) is 30.6 Å². The number of hydrogen-bond acceptors (Lipinski definition) is 8. The van der Waals surface area contributed by atoms with Gasteiger partial charge in [-0.1, -0.05) is 42.2 Å². The standard InChI is InChI=1S/C21H25N5O2S2/c1-3-28-16-7-5-4-6-15(16)24-17(27)12-29-20-18-19(22-13-23-20)25-21(30-18)26-10-8-14(2)9-11-26/h4-7,13-14H,3,8-12H2,1-2H3,(H,24,27). The van der Waals surface area contributed by atoms with E-state index in [1.165, 1.54) is 30.9 Å². The third-order valence-corrected chi connectivity index (χ3v) is 7.23. The van der Waals surface area contributed by atoms with Crippen molar-refractivity contribution < 1.29 is 9.53 Å². The molecule has 0 bridgehead atoms. The van der Waals surface area contributed by atoms with Gasteiger partial charge in [0.1, 0.15) is 21.8 Å². The Balaban J connectivity index is 1.43. The maximum atomic E-state index is 12.5. The highest BCUT2D eigenvalue weighted by molar-refractivity contribution is 8.00. The van der Waals surface area contributed by atoms with E-state index in [4.69, 9.17) is 9.72 Å². The highest BCUT2D eigenvalue weighted by Crippen LogP contribution is 2.35. The fourth-order valence-corrected chi connectivity index (χ4v) is 5.27. The molecule has 1 amide bonds. The summed E-state index contributed by atoms with van der Waals surface area (Å²) in [6.45, 7) is 6.82. The Labute approximate surface area is 184 Å². The fraction of sp³-hybridized carbons (Fsp3) is 0.429. The summed E-state index contributed by atoms with van der Waals surface area (Å²) in [5.41, 5.74) is 1.38. The van der Waals surface area contributed by atoms with E-state index < -0.39 is 0 Å². The van der Waals surface area contributed by atoms with Crippen molar-refractivity contribution in [3.8, 4) is 5.75 Å². The van der Waals surface area contributed by atoms with Crippen molar-refractivity contribution in [3.63, 3.8) is 0 Å². The average molecular weight is 444 g/mol. The molecule has 1 saturated heterocycles. The van der Waals surface area contributed by atoms with Crippen molar-refractivity contribution in [2.75, 3.05) is 35.7 Å². The van der Waals surface area contributed by atoms with Crippen LogP contribution in [0.25, 0.3) is 10.3 Å². The highest BCUT2D eigenvalue weighted by Gasteiger charge is 2.21. The number of rotatable bonds is 7. The van der Waals surface area contributed by atoms with E-state index in [0.29, 0.717) is 23.7 Å². The zero-order valence-electron chi connectivity index (χ0n) is 17.1. The minimum Gasteiger partial charge on any atom is -0.492 e. The average Bonchev–Trinajstić information content (AvgIpc) is 3.19. The predicted molar refractivity (Wildman–Crippen MR) is 123 cm³/mol. The summed E-state index contributed by atoms with van der Waals surface area (Å²) in [4.78, 5) is 28.3. The summed E-state index contributed by atoms with van der Waals surface area (Å²) >= 11 is 3.02. The van der Waals surface area contributed by atoms with Crippen molar-refractivity contribution in [2.45, 2.75) is 31.7 Å². The molecule has 30 heavy (non-hydrogen) atoms. The normalized spacial score (nSPS) is 14.8. The monoisotopic (exact) mass is 443 g/mol. The molecule has 158 valence electrons. The Morgan fingerprint density at radius 3 is 2.90 bits per heavy atom. The lowest BCUT2D eigenvalue weighted by molar-refractivity contribution is -0.113. The van der Waals surface area contributed by atoms with E-state index in [1.807, 2.05) is 31.2 Å². The Morgan fingerprint density at radius 1 is 1.30 bits per heavy atom. The van der Waals surface area contributed by atoms with Gasteiger partial charge in [-0.2, -0.15) is 4.98 Å². The molecule has 1 aliphatic heterocycles. The van der Waals surface area contributed by atoms with Crippen LogP contribution in [0.15, 0.2) is 35.6 Å². The number of fused-ring (bicyclic) bond motifs is 1. The van der Waals surface area contributed by atoms with Crippen LogP contribution in [0.5, 0.6) is 5.75 Å². The van der Waals surface area contributed by atoms with Crippen LogP contribution in [-0.4, -0.2) is 46.3 Å². The van der Waals surface area contributed by atoms with Crippen LogP contribution in [0.2, 0.25) is 0 Å². The van der Waals surface area contributed by atoms with Gasteiger partial charge in [-0.3, -0.25) is 4.79 Å². The number of para-hydroxylation sites is 2. The number of anilines is 2. The lowest BCUT2D eigenvalue weighted by atomic mass is 10.00. The summed E-state index contributed by atoms with van der Waals surface area (Å²) in [6, 6.07) is 7.45. The molecule has 1 aliphatic rings. The van der Waals surface area contributed by atoms with Gasteiger partial charge in [0, 0.05) is 13.1 Å². The first-order chi connectivity index (χ1) is 14.6. The van der Waals surface area contributed by atoms with Crippen LogP contribution in [0.4, 0.5) is 10.8 Å². The highest BCUT2D eigenvalue weighted by atomic mass is 32.2. The molecule has 2 aromatic heterocycles. The summed E-state index contributed by atoms with van der Waals surface area (Å²) in [6.07, 6.45) is 3.90. The number of carbonyl (C=O) groups is 1. The van der Waals surface area contributed by atoms with E-state index in [0.717, 1.165) is 33.9 Å². The largest absolute Gasteiger partial charge is 0.492 e. The summed E-state index contributed by atoms with van der Waals surface area (Å²) in [5, 5.41) is 4.71. The van der Waals surface area contributed by atoms with Crippen LogP contribution in [-0.2, 0) is 4.79 Å². The molecule has 0 atom stereocenters. The topological polar surface area (TPSA) is 80.2 Å². The first-order valence-electron chi connectivity index (χ1n) is 10.1. The minimum absolute atomic E-state index is 0.103. The number of piperidine rings is 1. The second-order valence-corrected chi connectivity index (χ2v) is 9.21. The van der Waals surface area contributed by atoms with E-state index in [2.05, 4.69) is 27.1 Å². The molecular weight excluding hydrogens is 418 g/mol. The summed E-state index contributed by atoms with van der Waals surface area (Å²) in [7, 11) is 0. The van der Waals surface area contributed by atoms with Crippen LogP contribution < -0.4 is 15.0 Å². The number of nitrogens with zero attached hydrogens (tertiary/aromatic N) is 4. The third kappa shape index (κ3) is 4.84. The number of hydrogen-bond donors (Lipinski definition) is 1. The number of nitrogens with one attached hydrogen (secondary N) is 1. The third-order valence-electron chi connectivity index (χ3n) is 5.00. The molecular formula is C21H25N5O2S2. The number of thioether (sulfide) groups is 1. The molecule has 3 heterocycles. The zero-order chi connectivity index (χ0) is 20.9. The lowest BCUT2D eigenvalue weighted by Gasteiger charge is -2.29. The predicted octanol–water partition coefficient (Wildman–Crippen LogP) is 4.45. The van der Waals surface area contributed by atoms with Crippen LogP contribution >= 0.6 is 23.1 Å². The van der Waals surface area contributed by atoms with Crippen molar-refractivity contribution in [1.82, 2.24) is 15.0 Å². The number of aromatic nitrogens is 3. The Kier molecular flexibility index (Phi) is 6.69. The summed E-state index contributed by atoms with van der Waals surface area (Å²) < 4.78 is 6.52. The first kappa shape index (κ1) is 20.9. The molecule has 0 aliphatic carbocycles. The summed E-state index contributed by atoms with van der Waals surface area (Å²) in [5.74, 6) is 1.59. The number of thiazole rings is 1. The first-order valence-corrected chi connectivity index (χ1v) is 11.9. The van der Waals surface area contributed by atoms with Crippen molar-refractivity contribution >= 4 is 50.2 Å². The molecule has 1 fully saturated rings. The molecule has 7 nitrogen and oxygen atoms in total. The van der Waals surface area contributed by atoms with Gasteiger partial charge in [0.15, 0.2) is 10.8 Å². The van der Waals surface area contributed by atoms with Crippen LogP contribution in [0.1, 0.15) is 26.7 Å². The van der Waals surface area contributed by atoms with E-state index in [-0.39, 0.29) is 11.7 Å². The van der Waals surface area contributed by atoms with Crippen molar-refractivity contribution in [2.24, 2.45) is 5.92 Å². The van der Waals surface area contributed by atoms with E-state index in [1.54, 1.807) is 11.3 Å². The zero-order valence-corrected chi connectivity index (χ0v) is 18.8. The molecule has 0 radical (unpaired) electrons.